The minimum absolute atomic E-state index is 0.106. The molecule has 138 valence electrons. The molecule has 9 heteroatoms. The molecule has 0 saturated heterocycles. The molecule has 7 nitrogen and oxygen atoms in total. The number of carbonyl (C=O) groups is 2. The molecule has 0 saturated carbocycles. The maximum absolute atomic E-state index is 12.7. The third-order valence-electron chi connectivity index (χ3n) is 3.43. The Morgan fingerprint density at radius 3 is 1.96 bits per heavy atom. The number of hydrogen-bond donors (Lipinski definition) is 1. The van der Waals surface area contributed by atoms with Gasteiger partial charge >= 0.3 is 11.9 Å². The van der Waals surface area contributed by atoms with E-state index in [2.05, 4.69) is 14.2 Å². The van der Waals surface area contributed by atoms with Gasteiger partial charge in [0, 0.05) is 0 Å². The van der Waals surface area contributed by atoms with Crippen molar-refractivity contribution in [3.63, 3.8) is 0 Å². The van der Waals surface area contributed by atoms with Gasteiger partial charge in [-0.25, -0.2) is 18.0 Å². The highest BCUT2D eigenvalue weighted by atomic mass is 35.5. The van der Waals surface area contributed by atoms with Gasteiger partial charge in [0.15, 0.2) is 0 Å². The van der Waals surface area contributed by atoms with Gasteiger partial charge in [-0.15, -0.1) is 0 Å². The number of aryl methyl sites for hydroxylation is 1. The number of nitrogens with one attached hydrogen (secondary N) is 1. The van der Waals surface area contributed by atoms with Crippen molar-refractivity contribution in [2.24, 2.45) is 0 Å². The Morgan fingerprint density at radius 2 is 1.50 bits per heavy atom. The van der Waals surface area contributed by atoms with Crippen molar-refractivity contribution in [1.29, 1.82) is 0 Å². The van der Waals surface area contributed by atoms with Gasteiger partial charge in [-0.1, -0.05) is 17.7 Å². The summed E-state index contributed by atoms with van der Waals surface area (Å²) < 4.78 is 36.9. The van der Waals surface area contributed by atoms with Gasteiger partial charge in [0.2, 0.25) is 0 Å². The zero-order valence-electron chi connectivity index (χ0n) is 14.2. The summed E-state index contributed by atoms with van der Waals surface area (Å²) in [5, 5.41) is 0.214. The van der Waals surface area contributed by atoms with Gasteiger partial charge in [-0.3, -0.25) is 4.72 Å². The summed E-state index contributed by atoms with van der Waals surface area (Å²) in [6, 6.07) is 8.19. The van der Waals surface area contributed by atoms with E-state index in [0.717, 1.165) is 31.9 Å². The number of methoxy groups -OCH3 is 2. The summed E-state index contributed by atoms with van der Waals surface area (Å²) >= 11 is 6.06. The summed E-state index contributed by atoms with van der Waals surface area (Å²) in [5.74, 6) is -1.58. The molecule has 26 heavy (non-hydrogen) atoms. The van der Waals surface area contributed by atoms with Crippen LogP contribution >= 0.6 is 11.6 Å². The average molecular weight is 398 g/mol. The maximum Gasteiger partial charge on any atom is 0.337 e. The highest BCUT2D eigenvalue weighted by Gasteiger charge is 2.22. The van der Waals surface area contributed by atoms with E-state index in [1.165, 1.54) is 12.1 Å². The van der Waals surface area contributed by atoms with Crippen LogP contribution in [0.5, 0.6) is 0 Å². The highest BCUT2D eigenvalue weighted by molar-refractivity contribution is 7.92. The normalized spacial score (nSPS) is 10.9. The molecule has 0 spiro atoms. The Hall–Kier alpha value is -2.58. The smallest absolute Gasteiger partial charge is 0.337 e. The lowest BCUT2D eigenvalue weighted by atomic mass is 10.1. The summed E-state index contributed by atoms with van der Waals surface area (Å²) in [4.78, 5) is 23.3. The molecule has 1 N–H and O–H groups in total. The minimum atomic E-state index is -4.13. The largest absolute Gasteiger partial charge is 0.465 e. The zero-order chi connectivity index (χ0) is 19.5. The van der Waals surface area contributed by atoms with E-state index in [1.54, 1.807) is 12.1 Å². The van der Waals surface area contributed by atoms with E-state index < -0.39 is 22.0 Å². The van der Waals surface area contributed by atoms with Crippen LogP contribution in [0.4, 0.5) is 5.69 Å². The monoisotopic (exact) mass is 397 g/mol. The fraction of sp³-hybridized carbons (Fsp3) is 0.176. The quantitative estimate of drug-likeness (QED) is 0.778. The van der Waals surface area contributed by atoms with Crippen LogP contribution in [0, 0.1) is 6.92 Å². The second-order valence-electron chi connectivity index (χ2n) is 5.32. The third kappa shape index (κ3) is 4.33. The highest BCUT2D eigenvalue weighted by Crippen LogP contribution is 2.26. The second-order valence-corrected chi connectivity index (χ2v) is 7.41. The number of rotatable bonds is 5. The average Bonchev–Trinajstić information content (AvgIpc) is 2.62. The van der Waals surface area contributed by atoms with Crippen molar-refractivity contribution in [1.82, 2.24) is 0 Å². The van der Waals surface area contributed by atoms with Crippen molar-refractivity contribution in [3.05, 3.63) is 58.1 Å². The first-order chi connectivity index (χ1) is 12.2. The molecule has 2 rings (SSSR count). The van der Waals surface area contributed by atoms with Crippen molar-refractivity contribution >= 4 is 39.3 Å². The van der Waals surface area contributed by atoms with Crippen LogP contribution in [0.3, 0.4) is 0 Å². The van der Waals surface area contributed by atoms with Crippen molar-refractivity contribution in [2.75, 3.05) is 18.9 Å². The molecule has 0 unspecified atom stereocenters. The molecule has 0 amide bonds. The fourth-order valence-corrected chi connectivity index (χ4v) is 3.62. The van der Waals surface area contributed by atoms with Crippen LogP contribution in [0.25, 0.3) is 0 Å². The molecule has 0 bridgehead atoms. The van der Waals surface area contributed by atoms with Gasteiger partial charge in [0.25, 0.3) is 10.0 Å². The molecule has 0 aliphatic rings. The van der Waals surface area contributed by atoms with Crippen LogP contribution in [0.1, 0.15) is 26.3 Å². The van der Waals surface area contributed by atoms with E-state index in [-0.39, 0.29) is 26.7 Å². The molecule has 0 aromatic heterocycles. The maximum atomic E-state index is 12.7. The molecule has 0 aliphatic heterocycles. The molecular weight excluding hydrogens is 382 g/mol. The first-order valence-electron chi connectivity index (χ1n) is 7.28. The number of hydrogen-bond acceptors (Lipinski definition) is 6. The Kier molecular flexibility index (Phi) is 5.89. The van der Waals surface area contributed by atoms with E-state index in [9.17, 15) is 18.0 Å². The first kappa shape index (κ1) is 19.7. The number of halogens is 1. The van der Waals surface area contributed by atoms with Crippen LogP contribution in [-0.2, 0) is 19.5 Å². The number of esters is 2. The molecule has 0 aliphatic carbocycles. The lowest BCUT2D eigenvalue weighted by Crippen LogP contribution is -2.16. The van der Waals surface area contributed by atoms with E-state index in [1.807, 2.05) is 6.92 Å². The second kappa shape index (κ2) is 7.76. The lowest BCUT2D eigenvalue weighted by molar-refractivity contribution is 0.0598. The number of benzene rings is 2. The van der Waals surface area contributed by atoms with Crippen molar-refractivity contribution < 1.29 is 27.5 Å². The number of anilines is 1. The SMILES string of the molecule is COC(=O)c1cc(C(=O)OC)cc(S(=O)(=O)Nc2ccc(C)cc2Cl)c1. The topological polar surface area (TPSA) is 98.8 Å². The minimum Gasteiger partial charge on any atom is -0.465 e. The zero-order valence-corrected chi connectivity index (χ0v) is 15.8. The number of ether oxygens (including phenoxy) is 2. The summed E-state index contributed by atoms with van der Waals surface area (Å²) in [5.41, 5.74) is 0.815. The van der Waals surface area contributed by atoms with Crippen LogP contribution in [0.2, 0.25) is 5.02 Å². The summed E-state index contributed by atoms with van der Waals surface area (Å²) in [6.45, 7) is 1.81. The van der Waals surface area contributed by atoms with Gasteiger partial charge < -0.3 is 9.47 Å². The van der Waals surface area contributed by atoms with Gasteiger partial charge in [-0.05, 0) is 42.8 Å². The van der Waals surface area contributed by atoms with E-state index in [0.29, 0.717) is 0 Å². The van der Waals surface area contributed by atoms with Crippen molar-refractivity contribution in [3.8, 4) is 0 Å². The summed E-state index contributed by atoms with van der Waals surface area (Å²) in [7, 11) is -1.84. The Bertz CT molecular complexity index is 937. The first-order valence-corrected chi connectivity index (χ1v) is 9.14. The predicted molar refractivity (Wildman–Crippen MR) is 96.1 cm³/mol. The molecule has 0 fully saturated rings. The third-order valence-corrected chi connectivity index (χ3v) is 5.09. The lowest BCUT2D eigenvalue weighted by Gasteiger charge is -2.12. The van der Waals surface area contributed by atoms with Gasteiger partial charge in [0.05, 0.1) is 41.0 Å². The van der Waals surface area contributed by atoms with Gasteiger partial charge in [0.1, 0.15) is 0 Å². The van der Waals surface area contributed by atoms with Crippen LogP contribution in [0.15, 0.2) is 41.3 Å². The van der Waals surface area contributed by atoms with E-state index in [4.69, 9.17) is 11.6 Å². The standard InChI is InChI=1S/C17H16ClNO6S/c1-10-4-5-15(14(18)6-10)19-26(22,23)13-8-11(16(20)24-2)7-12(9-13)17(21)25-3/h4-9,19H,1-3H3. The van der Waals surface area contributed by atoms with Crippen LogP contribution in [-0.4, -0.2) is 34.6 Å². The Balaban J connectivity index is 2.53. The fourth-order valence-electron chi connectivity index (χ4n) is 2.13. The Labute approximate surface area is 155 Å². The Morgan fingerprint density at radius 1 is 0.962 bits per heavy atom. The number of sulfonamides is 1. The molecule has 2 aromatic carbocycles. The molecule has 0 atom stereocenters. The molecule has 2 aromatic rings. The summed E-state index contributed by atoms with van der Waals surface area (Å²) in [6.07, 6.45) is 0. The predicted octanol–water partition coefficient (Wildman–Crippen LogP) is 3.02. The van der Waals surface area contributed by atoms with Crippen LogP contribution < -0.4 is 4.72 Å². The molecule has 0 heterocycles. The van der Waals surface area contributed by atoms with E-state index >= 15 is 0 Å². The number of carbonyl (C=O) groups excluding carboxylic acids is 2. The molecular formula is C17H16ClNO6S. The molecule has 0 radical (unpaired) electrons. The van der Waals surface area contributed by atoms with Gasteiger partial charge in [-0.2, -0.15) is 0 Å². The van der Waals surface area contributed by atoms with Crippen molar-refractivity contribution in [2.45, 2.75) is 11.8 Å².